The molecule has 0 bridgehead atoms. The standard InChI is InChI=1S/C27H28BrClN2O3/c1-19(2)30-27(33)25(16-20-6-4-3-5-7-20)31(17-21-8-10-22(28)11-9-21)26(32)18-34-24-14-12-23(29)13-15-24/h3-15,19,25H,16-18H2,1-2H3,(H,30,33)/t25-/m0/s1. The van der Waals surface area contributed by atoms with Crippen LogP contribution < -0.4 is 10.1 Å². The largest absolute Gasteiger partial charge is 0.484 e. The van der Waals surface area contributed by atoms with Gasteiger partial charge in [0.15, 0.2) is 6.61 Å². The third-order valence-corrected chi connectivity index (χ3v) is 5.92. The van der Waals surface area contributed by atoms with Crippen LogP contribution in [0.15, 0.2) is 83.3 Å². The van der Waals surface area contributed by atoms with Gasteiger partial charge in [-0.05, 0) is 61.4 Å². The molecule has 0 saturated heterocycles. The van der Waals surface area contributed by atoms with Gasteiger partial charge in [-0.2, -0.15) is 0 Å². The van der Waals surface area contributed by atoms with Gasteiger partial charge in [0.1, 0.15) is 11.8 Å². The summed E-state index contributed by atoms with van der Waals surface area (Å²) >= 11 is 9.39. The monoisotopic (exact) mass is 542 g/mol. The molecule has 178 valence electrons. The maximum atomic E-state index is 13.5. The Balaban J connectivity index is 1.89. The van der Waals surface area contributed by atoms with Gasteiger partial charge in [0, 0.05) is 28.5 Å². The number of hydrogen-bond donors (Lipinski definition) is 1. The van der Waals surface area contributed by atoms with E-state index in [-0.39, 0.29) is 31.0 Å². The normalized spacial score (nSPS) is 11.7. The molecule has 1 atom stereocenters. The van der Waals surface area contributed by atoms with E-state index in [0.29, 0.717) is 17.2 Å². The molecule has 3 aromatic carbocycles. The molecular formula is C27H28BrClN2O3. The smallest absolute Gasteiger partial charge is 0.261 e. The summed E-state index contributed by atoms with van der Waals surface area (Å²) in [5.41, 5.74) is 1.89. The van der Waals surface area contributed by atoms with Crippen LogP contribution in [0.25, 0.3) is 0 Å². The van der Waals surface area contributed by atoms with Crippen molar-refractivity contribution in [2.45, 2.75) is 38.9 Å². The Morgan fingerprint density at radius 3 is 2.21 bits per heavy atom. The molecule has 3 rings (SSSR count). The zero-order chi connectivity index (χ0) is 24.5. The van der Waals surface area contributed by atoms with Crippen LogP contribution in [0.5, 0.6) is 5.75 Å². The van der Waals surface area contributed by atoms with Crippen LogP contribution in [0.2, 0.25) is 5.02 Å². The van der Waals surface area contributed by atoms with Crippen molar-refractivity contribution in [2.75, 3.05) is 6.61 Å². The molecule has 0 spiro atoms. The first-order valence-corrected chi connectivity index (χ1v) is 12.3. The molecule has 3 aromatic rings. The van der Waals surface area contributed by atoms with Crippen LogP contribution >= 0.6 is 27.5 Å². The van der Waals surface area contributed by atoms with Gasteiger partial charge >= 0.3 is 0 Å². The van der Waals surface area contributed by atoms with Crippen LogP contribution in [-0.4, -0.2) is 35.4 Å². The lowest BCUT2D eigenvalue weighted by Gasteiger charge is -2.32. The first kappa shape index (κ1) is 25.8. The van der Waals surface area contributed by atoms with E-state index in [0.717, 1.165) is 15.6 Å². The molecule has 0 saturated carbocycles. The molecule has 7 heteroatoms. The predicted octanol–water partition coefficient (Wildman–Crippen LogP) is 5.65. The van der Waals surface area contributed by atoms with E-state index in [2.05, 4.69) is 21.2 Å². The second-order valence-corrected chi connectivity index (χ2v) is 9.61. The van der Waals surface area contributed by atoms with E-state index in [1.807, 2.05) is 68.4 Å². The minimum Gasteiger partial charge on any atom is -0.484 e. The lowest BCUT2D eigenvalue weighted by molar-refractivity contribution is -0.143. The zero-order valence-corrected chi connectivity index (χ0v) is 21.6. The average molecular weight is 544 g/mol. The highest BCUT2D eigenvalue weighted by Crippen LogP contribution is 2.19. The minimum atomic E-state index is -0.699. The highest BCUT2D eigenvalue weighted by molar-refractivity contribution is 9.10. The quantitative estimate of drug-likeness (QED) is 0.360. The van der Waals surface area contributed by atoms with Crippen molar-refractivity contribution in [1.82, 2.24) is 10.2 Å². The van der Waals surface area contributed by atoms with Crippen molar-refractivity contribution >= 4 is 39.3 Å². The van der Waals surface area contributed by atoms with Crippen LogP contribution in [0.4, 0.5) is 0 Å². The highest BCUT2D eigenvalue weighted by Gasteiger charge is 2.31. The van der Waals surface area contributed by atoms with Crippen LogP contribution in [0, 0.1) is 0 Å². The number of nitrogens with one attached hydrogen (secondary N) is 1. The van der Waals surface area contributed by atoms with Gasteiger partial charge in [-0.3, -0.25) is 9.59 Å². The van der Waals surface area contributed by atoms with Crippen molar-refractivity contribution in [2.24, 2.45) is 0 Å². The van der Waals surface area contributed by atoms with Crippen molar-refractivity contribution < 1.29 is 14.3 Å². The molecule has 0 unspecified atom stereocenters. The van der Waals surface area contributed by atoms with Gasteiger partial charge in [-0.15, -0.1) is 0 Å². The van der Waals surface area contributed by atoms with Gasteiger partial charge in [0.25, 0.3) is 5.91 Å². The van der Waals surface area contributed by atoms with Crippen LogP contribution in [0.3, 0.4) is 0 Å². The molecule has 0 fully saturated rings. The van der Waals surface area contributed by atoms with Crippen molar-refractivity contribution in [1.29, 1.82) is 0 Å². The van der Waals surface area contributed by atoms with Gasteiger partial charge in [-0.25, -0.2) is 0 Å². The molecule has 0 aromatic heterocycles. The Morgan fingerprint density at radius 1 is 0.941 bits per heavy atom. The van der Waals surface area contributed by atoms with E-state index in [1.165, 1.54) is 0 Å². The molecule has 0 aliphatic heterocycles. The fourth-order valence-electron chi connectivity index (χ4n) is 3.48. The number of benzene rings is 3. The molecule has 0 aliphatic carbocycles. The Bertz CT molecular complexity index is 1070. The first-order chi connectivity index (χ1) is 16.3. The third-order valence-electron chi connectivity index (χ3n) is 5.14. The number of amides is 2. The number of rotatable bonds is 10. The van der Waals surface area contributed by atoms with E-state index in [9.17, 15) is 9.59 Å². The fourth-order valence-corrected chi connectivity index (χ4v) is 3.87. The maximum Gasteiger partial charge on any atom is 0.261 e. The summed E-state index contributed by atoms with van der Waals surface area (Å²) in [5, 5.41) is 3.56. The summed E-state index contributed by atoms with van der Waals surface area (Å²) < 4.78 is 6.68. The number of ether oxygens (including phenoxy) is 1. The second-order valence-electron chi connectivity index (χ2n) is 8.26. The molecule has 1 N–H and O–H groups in total. The third kappa shape index (κ3) is 7.89. The first-order valence-electron chi connectivity index (χ1n) is 11.1. The van der Waals surface area contributed by atoms with Crippen LogP contribution in [-0.2, 0) is 22.6 Å². The molecule has 0 radical (unpaired) electrons. The summed E-state index contributed by atoms with van der Waals surface area (Å²) in [4.78, 5) is 28.4. The Labute approximate surface area is 214 Å². The maximum absolute atomic E-state index is 13.5. The van der Waals surface area contributed by atoms with Gasteiger partial charge < -0.3 is 15.0 Å². The number of nitrogens with zero attached hydrogens (tertiary/aromatic N) is 1. The zero-order valence-electron chi connectivity index (χ0n) is 19.2. The highest BCUT2D eigenvalue weighted by atomic mass is 79.9. The summed E-state index contributed by atoms with van der Waals surface area (Å²) in [5.74, 6) is 0.0566. The lowest BCUT2D eigenvalue weighted by Crippen LogP contribution is -2.52. The van der Waals surface area contributed by atoms with Crippen molar-refractivity contribution in [3.05, 3.63) is 99.5 Å². The second kappa shape index (κ2) is 12.6. The number of carbonyl (C=O) groups is 2. The number of hydrogen-bond acceptors (Lipinski definition) is 3. The minimum absolute atomic E-state index is 0.0549. The molecule has 0 aliphatic rings. The Kier molecular flexibility index (Phi) is 9.54. The number of halogens is 2. The Morgan fingerprint density at radius 2 is 1.59 bits per heavy atom. The van der Waals surface area contributed by atoms with Crippen molar-refractivity contribution in [3.8, 4) is 5.75 Å². The molecule has 5 nitrogen and oxygen atoms in total. The molecule has 34 heavy (non-hydrogen) atoms. The summed E-state index contributed by atoms with van der Waals surface area (Å²) in [6.07, 6.45) is 0.391. The van der Waals surface area contributed by atoms with Gasteiger partial charge in [-0.1, -0.05) is 70.0 Å². The van der Waals surface area contributed by atoms with Gasteiger partial charge in [0.05, 0.1) is 0 Å². The van der Waals surface area contributed by atoms with E-state index >= 15 is 0 Å². The number of carbonyl (C=O) groups excluding carboxylic acids is 2. The summed E-state index contributed by atoms with van der Waals surface area (Å²) in [7, 11) is 0. The van der Waals surface area contributed by atoms with E-state index < -0.39 is 6.04 Å². The predicted molar refractivity (Wildman–Crippen MR) is 139 cm³/mol. The molecule has 0 heterocycles. The van der Waals surface area contributed by atoms with Gasteiger partial charge in [0.2, 0.25) is 5.91 Å². The molecular weight excluding hydrogens is 516 g/mol. The van der Waals surface area contributed by atoms with Crippen molar-refractivity contribution in [3.63, 3.8) is 0 Å². The average Bonchev–Trinajstić information content (AvgIpc) is 2.82. The summed E-state index contributed by atoms with van der Waals surface area (Å²) in [6, 6.07) is 23.5. The van der Waals surface area contributed by atoms with E-state index in [4.69, 9.17) is 16.3 Å². The van der Waals surface area contributed by atoms with Crippen LogP contribution in [0.1, 0.15) is 25.0 Å². The summed E-state index contributed by atoms with van der Waals surface area (Å²) in [6.45, 7) is 3.89. The Hall–Kier alpha value is -2.83. The SMILES string of the molecule is CC(C)NC(=O)[C@H](Cc1ccccc1)N(Cc1ccc(Br)cc1)C(=O)COc1ccc(Cl)cc1. The van der Waals surface area contributed by atoms with E-state index in [1.54, 1.807) is 29.2 Å². The topological polar surface area (TPSA) is 58.6 Å². The molecule has 2 amide bonds. The lowest BCUT2D eigenvalue weighted by atomic mass is 10.0. The fraction of sp³-hybridized carbons (Fsp3) is 0.259.